The van der Waals surface area contributed by atoms with E-state index in [1.807, 2.05) is 44.8 Å². The first-order valence-corrected chi connectivity index (χ1v) is 13.0. The highest BCUT2D eigenvalue weighted by Gasteiger charge is 2.31. The zero-order valence-corrected chi connectivity index (χ0v) is 21.8. The Morgan fingerprint density at radius 2 is 1.78 bits per heavy atom. The summed E-state index contributed by atoms with van der Waals surface area (Å²) in [7, 11) is 1.92. The number of nitrogens with zero attached hydrogens (tertiary/aromatic N) is 5. The minimum Gasteiger partial charge on any atom is -0.386 e. The zero-order chi connectivity index (χ0) is 25.7. The molecule has 4 heterocycles. The lowest BCUT2D eigenvalue weighted by Gasteiger charge is -2.33. The zero-order valence-electron chi connectivity index (χ0n) is 21.8. The third-order valence-electron chi connectivity index (χ3n) is 7.75. The van der Waals surface area contributed by atoms with Crippen molar-refractivity contribution in [1.82, 2.24) is 24.5 Å². The van der Waals surface area contributed by atoms with Crippen LogP contribution >= 0.6 is 0 Å². The predicted octanol–water partition coefficient (Wildman–Crippen LogP) is 5.54. The molecule has 7 nitrogen and oxygen atoms in total. The number of hydrogen-bond donors (Lipinski definition) is 1. The molecule has 0 saturated carbocycles. The quantitative estimate of drug-likeness (QED) is 0.347. The molecule has 2 aromatic carbocycles. The van der Waals surface area contributed by atoms with Gasteiger partial charge in [0.1, 0.15) is 0 Å². The van der Waals surface area contributed by atoms with Crippen LogP contribution in [0.3, 0.4) is 0 Å². The summed E-state index contributed by atoms with van der Waals surface area (Å²) in [6, 6.07) is 19.4. The normalized spacial score (nSPS) is 16.0. The Kier molecular flexibility index (Phi) is 5.85. The molecule has 1 atom stereocenters. The molecule has 1 N–H and O–H groups in total. The van der Waals surface area contributed by atoms with Gasteiger partial charge in [0.25, 0.3) is 0 Å². The maximum Gasteiger partial charge on any atom is 0.0960 e. The number of aromatic nitrogens is 5. The van der Waals surface area contributed by atoms with Crippen LogP contribution in [0, 0.1) is 12.8 Å². The monoisotopic (exact) mass is 495 g/mol. The molecular weight excluding hydrogens is 462 g/mol. The van der Waals surface area contributed by atoms with Gasteiger partial charge in [-0.15, -0.1) is 5.10 Å². The summed E-state index contributed by atoms with van der Waals surface area (Å²) >= 11 is 0. The van der Waals surface area contributed by atoms with Crippen molar-refractivity contribution in [3.8, 4) is 11.3 Å². The second-order valence-corrected chi connectivity index (χ2v) is 10.7. The van der Waals surface area contributed by atoms with E-state index in [2.05, 4.69) is 63.4 Å². The number of pyridine rings is 1. The van der Waals surface area contributed by atoms with Crippen LogP contribution in [-0.2, 0) is 17.4 Å². The van der Waals surface area contributed by atoms with Gasteiger partial charge in [0, 0.05) is 37.4 Å². The average Bonchev–Trinajstić information content (AvgIpc) is 3.40. The fraction of sp³-hybridized carbons (Fsp3) is 0.367. The van der Waals surface area contributed by atoms with Crippen molar-refractivity contribution in [3.63, 3.8) is 0 Å². The summed E-state index contributed by atoms with van der Waals surface area (Å²) < 4.78 is 10.0. The van der Waals surface area contributed by atoms with E-state index in [0.29, 0.717) is 5.92 Å². The van der Waals surface area contributed by atoms with E-state index in [0.717, 1.165) is 70.5 Å². The minimum absolute atomic E-state index is 0.126. The highest BCUT2D eigenvalue weighted by atomic mass is 16.5. The van der Waals surface area contributed by atoms with Gasteiger partial charge < -0.3 is 14.4 Å². The first kappa shape index (κ1) is 23.8. The molecule has 6 rings (SSSR count). The largest absolute Gasteiger partial charge is 0.386 e. The van der Waals surface area contributed by atoms with E-state index in [-0.39, 0.29) is 6.04 Å². The summed E-state index contributed by atoms with van der Waals surface area (Å²) in [6.45, 7) is 7.18. The summed E-state index contributed by atoms with van der Waals surface area (Å²) in [6.07, 6.45) is 3.92. The van der Waals surface area contributed by atoms with Crippen LogP contribution in [0.1, 0.15) is 49.6 Å². The van der Waals surface area contributed by atoms with Crippen LogP contribution < -0.4 is 0 Å². The Labute approximate surface area is 216 Å². The van der Waals surface area contributed by atoms with E-state index in [1.54, 1.807) is 0 Å². The predicted molar refractivity (Wildman–Crippen MR) is 145 cm³/mol. The number of fused-ring (bicyclic) bond motifs is 3. The van der Waals surface area contributed by atoms with Crippen molar-refractivity contribution >= 4 is 21.9 Å². The van der Waals surface area contributed by atoms with E-state index < -0.39 is 5.60 Å². The SMILES string of the molecule is Cc1nnn(C)c1-c1cnc2c3cc(C(C)(C)O)ccc3n([C@H](c3ccccc3)C3CCOCC3)c2c1. The highest BCUT2D eigenvalue weighted by molar-refractivity contribution is 6.07. The number of ether oxygens (including phenoxy) is 1. The van der Waals surface area contributed by atoms with Gasteiger partial charge in [-0.2, -0.15) is 0 Å². The molecule has 190 valence electrons. The van der Waals surface area contributed by atoms with E-state index in [1.165, 1.54) is 5.56 Å². The van der Waals surface area contributed by atoms with Crippen molar-refractivity contribution in [2.45, 2.75) is 45.3 Å². The molecule has 1 aliphatic heterocycles. The van der Waals surface area contributed by atoms with Gasteiger partial charge in [0.15, 0.2) is 0 Å². The number of hydrogen-bond acceptors (Lipinski definition) is 5. The summed E-state index contributed by atoms with van der Waals surface area (Å²) in [4.78, 5) is 5.02. The van der Waals surface area contributed by atoms with Crippen LogP contribution in [0.4, 0.5) is 0 Å². The lowest BCUT2D eigenvalue weighted by atomic mass is 9.86. The molecule has 1 aliphatic rings. The maximum atomic E-state index is 10.8. The second-order valence-electron chi connectivity index (χ2n) is 10.7. The number of rotatable bonds is 5. The molecule has 0 radical (unpaired) electrons. The Bertz CT molecular complexity index is 1550. The second kappa shape index (κ2) is 9.08. The van der Waals surface area contributed by atoms with Crippen molar-refractivity contribution in [2.24, 2.45) is 13.0 Å². The Morgan fingerprint density at radius 3 is 2.46 bits per heavy atom. The smallest absolute Gasteiger partial charge is 0.0960 e. The standard InChI is InChI=1S/C30H33N5O2/c1-19-28(34(4)33-32-19)22-16-26-27(31-18-22)24-17-23(30(2,3)36)10-11-25(24)35(26)29(20-8-6-5-7-9-20)21-12-14-37-15-13-21/h5-11,16-18,21,29,36H,12-15H2,1-4H3/t29-/m1/s1. The summed E-state index contributed by atoms with van der Waals surface area (Å²) in [5.74, 6) is 0.424. The third kappa shape index (κ3) is 4.12. The van der Waals surface area contributed by atoms with Crippen LogP contribution in [0.15, 0.2) is 60.8 Å². The van der Waals surface area contributed by atoms with Gasteiger partial charge in [-0.3, -0.25) is 4.98 Å². The van der Waals surface area contributed by atoms with Gasteiger partial charge in [0.2, 0.25) is 0 Å². The highest BCUT2D eigenvalue weighted by Crippen LogP contribution is 2.42. The minimum atomic E-state index is -0.945. The van der Waals surface area contributed by atoms with Crippen molar-refractivity contribution < 1.29 is 9.84 Å². The Hall–Kier alpha value is -3.55. The summed E-state index contributed by atoms with van der Waals surface area (Å²) in [5, 5.41) is 20.3. The first-order valence-electron chi connectivity index (χ1n) is 13.0. The van der Waals surface area contributed by atoms with E-state index >= 15 is 0 Å². The summed E-state index contributed by atoms with van der Waals surface area (Å²) in [5.41, 5.74) is 7.16. The molecule has 0 unspecified atom stereocenters. The fourth-order valence-corrected chi connectivity index (χ4v) is 5.89. The molecular formula is C30H33N5O2. The van der Waals surface area contributed by atoms with Crippen molar-refractivity contribution in [1.29, 1.82) is 0 Å². The molecule has 5 aromatic rings. The van der Waals surface area contributed by atoms with Gasteiger partial charge in [-0.1, -0.05) is 41.6 Å². The van der Waals surface area contributed by atoms with Crippen molar-refractivity contribution in [2.75, 3.05) is 13.2 Å². The lowest BCUT2D eigenvalue weighted by molar-refractivity contribution is 0.0552. The fourth-order valence-electron chi connectivity index (χ4n) is 5.89. The van der Waals surface area contributed by atoms with Crippen LogP contribution in [0.5, 0.6) is 0 Å². The van der Waals surface area contributed by atoms with E-state index in [9.17, 15) is 5.11 Å². The lowest BCUT2D eigenvalue weighted by Crippen LogP contribution is -2.27. The molecule has 7 heteroatoms. The van der Waals surface area contributed by atoms with Crippen molar-refractivity contribution in [3.05, 3.63) is 77.6 Å². The molecule has 3 aromatic heterocycles. The molecule has 1 fully saturated rings. The molecule has 0 amide bonds. The molecule has 37 heavy (non-hydrogen) atoms. The number of aryl methyl sites for hydroxylation is 2. The average molecular weight is 496 g/mol. The van der Waals surface area contributed by atoms with Gasteiger partial charge in [-0.25, -0.2) is 4.68 Å². The van der Waals surface area contributed by atoms with Gasteiger partial charge >= 0.3 is 0 Å². The van der Waals surface area contributed by atoms with E-state index in [4.69, 9.17) is 9.72 Å². The molecule has 0 aliphatic carbocycles. The molecule has 0 spiro atoms. The number of aliphatic hydroxyl groups is 1. The Balaban J connectivity index is 1.68. The Morgan fingerprint density at radius 1 is 1.03 bits per heavy atom. The maximum absolute atomic E-state index is 10.8. The number of benzene rings is 2. The van der Waals surface area contributed by atoms with Crippen LogP contribution in [0.2, 0.25) is 0 Å². The van der Waals surface area contributed by atoms with Gasteiger partial charge in [-0.05, 0) is 68.9 Å². The molecule has 0 bridgehead atoms. The van der Waals surface area contributed by atoms with Gasteiger partial charge in [0.05, 0.1) is 39.6 Å². The molecule has 1 saturated heterocycles. The van der Waals surface area contributed by atoms with Crippen LogP contribution in [-0.4, -0.2) is 42.9 Å². The third-order valence-corrected chi connectivity index (χ3v) is 7.75. The first-order chi connectivity index (χ1) is 17.8. The van der Waals surface area contributed by atoms with Crippen LogP contribution in [0.25, 0.3) is 33.2 Å². The topological polar surface area (TPSA) is 78.0 Å².